The summed E-state index contributed by atoms with van der Waals surface area (Å²) in [6.45, 7) is 3.35. The number of hydrogen-bond donors (Lipinski definition) is 1. The minimum Gasteiger partial charge on any atom is -0.478 e. The SMILES string of the molecule is CC(C)(Oc1ccc(C(=O)c2ccc(Cl)cc2)cc1)C(=O)Nc1ccncc1. The maximum absolute atomic E-state index is 12.5. The smallest absolute Gasteiger partial charge is 0.267 e. The highest BCUT2D eigenvalue weighted by Crippen LogP contribution is 2.22. The molecule has 142 valence electrons. The zero-order chi connectivity index (χ0) is 20.1. The lowest BCUT2D eigenvalue weighted by atomic mass is 10.0. The van der Waals surface area contributed by atoms with Gasteiger partial charge < -0.3 is 10.1 Å². The van der Waals surface area contributed by atoms with Crippen molar-refractivity contribution >= 4 is 29.0 Å². The lowest BCUT2D eigenvalue weighted by Gasteiger charge is -2.25. The number of hydrogen-bond acceptors (Lipinski definition) is 4. The van der Waals surface area contributed by atoms with Crippen LogP contribution < -0.4 is 10.1 Å². The molecular weight excluding hydrogens is 376 g/mol. The monoisotopic (exact) mass is 394 g/mol. The summed E-state index contributed by atoms with van der Waals surface area (Å²) < 4.78 is 5.84. The molecule has 3 rings (SSSR count). The Balaban J connectivity index is 1.68. The molecule has 1 heterocycles. The molecular formula is C22H19ClN2O3. The normalized spacial score (nSPS) is 11.0. The van der Waals surface area contributed by atoms with E-state index in [0.717, 1.165) is 0 Å². The van der Waals surface area contributed by atoms with Crippen LogP contribution in [-0.4, -0.2) is 22.3 Å². The van der Waals surface area contributed by atoms with Gasteiger partial charge in [0.15, 0.2) is 11.4 Å². The predicted molar refractivity (Wildman–Crippen MR) is 109 cm³/mol. The number of nitrogens with one attached hydrogen (secondary N) is 1. The molecule has 0 aliphatic rings. The third-order valence-electron chi connectivity index (χ3n) is 4.08. The zero-order valence-electron chi connectivity index (χ0n) is 15.5. The molecule has 0 bridgehead atoms. The molecule has 1 N–H and O–H groups in total. The van der Waals surface area contributed by atoms with Crippen LogP contribution in [0, 0.1) is 0 Å². The molecule has 0 aliphatic carbocycles. The molecule has 0 aliphatic heterocycles. The Kier molecular flexibility index (Phi) is 5.76. The van der Waals surface area contributed by atoms with Gasteiger partial charge in [0.25, 0.3) is 5.91 Å². The standard InChI is InChI=1S/C22H19ClN2O3/c1-22(2,21(27)25-18-11-13-24-14-12-18)28-19-9-5-16(6-10-19)20(26)15-3-7-17(23)8-4-15/h3-14H,1-2H3,(H,24,25,27). The van der Waals surface area contributed by atoms with Gasteiger partial charge in [-0.1, -0.05) is 11.6 Å². The molecule has 28 heavy (non-hydrogen) atoms. The van der Waals surface area contributed by atoms with Crippen molar-refractivity contribution in [3.63, 3.8) is 0 Å². The number of carbonyl (C=O) groups is 2. The number of halogens is 1. The van der Waals surface area contributed by atoms with Crippen LogP contribution in [0.1, 0.15) is 29.8 Å². The van der Waals surface area contributed by atoms with E-state index in [0.29, 0.717) is 27.6 Å². The van der Waals surface area contributed by atoms with E-state index >= 15 is 0 Å². The number of amides is 1. The van der Waals surface area contributed by atoms with Crippen molar-refractivity contribution in [2.75, 3.05) is 5.32 Å². The van der Waals surface area contributed by atoms with Crippen LogP contribution in [-0.2, 0) is 4.79 Å². The number of benzene rings is 2. The first-order valence-corrected chi connectivity index (χ1v) is 9.04. The average molecular weight is 395 g/mol. The first-order valence-electron chi connectivity index (χ1n) is 8.66. The Morgan fingerprint density at radius 2 is 1.43 bits per heavy atom. The van der Waals surface area contributed by atoms with Gasteiger partial charge in [-0.25, -0.2) is 0 Å². The number of rotatable bonds is 6. The fourth-order valence-electron chi connectivity index (χ4n) is 2.50. The lowest BCUT2D eigenvalue weighted by molar-refractivity contribution is -0.128. The van der Waals surface area contributed by atoms with Crippen molar-refractivity contribution in [1.29, 1.82) is 0 Å². The van der Waals surface area contributed by atoms with E-state index in [4.69, 9.17) is 16.3 Å². The molecule has 3 aromatic rings. The highest BCUT2D eigenvalue weighted by Gasteiger charge is 2.30. The fraction of sp³-hybridized carbons (Fsp3) is 0.136. The summed E-state index contributed by atoms with van der Waals surface area (Å²) in [7, 11) is 0. The third-order valence-corrected chi connectivity index (χ3v) is 4.33. The van der Waals surface area contributed by atoms with Crippen molar-refractivity contribution in [2.45, 2.75) is 19.4 Å². The summed E-state index contributed by atoms with van der Waals surface area (Å²) in [5.41, 5.74) is 0.606. The lowest BCUT2D eigenvalue weighted by Crippen LogP contribution is -2.42. The van der Waals surface area contributed by atoms with Gasteiger partial charge in [0.05, 0.1) is 0 Å². The number of ether oxygens (including phenoxy) is 1. The van der Waals surface area contributed by atoms with Gasteiger partial charge in [-0.05, 0) is 74.5 Å². The van der Waals surface area contributed by atoms with Crippen molar-refractivity contribution < 1.29 is 14.3 Å². The van der Waals surface area contributed by atoms with E-state index in [1.807, 2.05) is 0 Å². The second-order valence-electron chi connectivity index (χ2n) is 6.66. The number of anilines is 1. The Morgan fingerprint density at radius 3 is 2.00 bits per heavy atom. The number of aromatic nitrogens is 1. The average Bonchev–Trinajstić information content (AvgIpc) is 2.69. The van der Waals surface area contributed by atoms with Crippen molar-refractivity contribution in [3.05, 3.63) is 89.2 Å². The maximum Gasteiger partial charge on any atom is 0.267 e. The van der Waals surface area contributed by atoms with Crippen molar-refractivity contribution in [3.8, 4) is 5.75 Å². The molecule has 5 nitrogen and oxygen atoms in total. The van der Waals surface area contributed by atoms with E-state index < -0.39 is 5.60 Å². The Hall–Kier alpha value is -3.18. The summed E-state index contributed by atoms with van der Waals surface area (Å²) in [6, 6.07) is 16.8. The number of nitrogens with zero attached hydrogens (tertiary/aromatic N) is 1. The molecule has 1 amide bonds. The molecule has 0 fully saturated rings. The van der Waals surface area contributed by atoms with E-state index in [1.54, 1.807) is 86.9 Å². The number of pyridine rings is 1. The van der Waals surface area contributed by atoms with E-state index in [1.165, 1.54) is 0 Å². The second kappa shape index (κ2) is 8.23. The Bertz CT molecular complexity index is 969. The molecule has 0 saturated carbocycles. The van der Waals surface area contributed by atoms with Gasteiger partial charge in [-0.3, -0.25) is 14.6 Å². The first-order chi connectivity index (χ1) is 13.3. The third kappa shape index (κ3) is 4.75. The molecule has 0 spiro atoms. The first kappa shape index (κ1) is 19.6. The van der Waals surface area contributed by atoms with Crippen LogP contribution in [0.2, 0.25) is 5.02 Å². The Labute approximate surface area is 168 Å². The highest BCUT2D eigenvalue weighted by molar-refractivity contribution is 6.30. The summed E-state index contributed by atoms with van der Waals surface area (Å²) in [6.07, 6.45) is 3.19. The second-order valence-corrected chi connectivity index (χ2v) is 7.10. The van der Waals surface area contributed by atoms with Crippen molar-refractivity contribution in [1.82, 2.24) is 4.98 Å². The van der Waals surface area contributed by atoms with Crippen LogP contribution in [0.15, 0.2) is 73.1 Å². The van der Waals surface area contributed by atoms with Crippen LogP contribution in [0.4, 0.5) is 5.69 Å². The summed E-state index contributed by atoms with van der Waals surface area (Å²) in [5.74, 6) is 0.0838. The van der Waals surface area contributed by atoms with Gasteiger partial charge >= 0.3 is 0 Å². The van der Waals surface area contributed by atoms with Crippen LogP contribution >= 0.6 is 11.6 Å². The number of ketones is 1. The van der Waals surface area contributed by atoms with Gasteiger partial charge in [0, 0.05) is 34.2 Å². The predicted octanol–water partition coefficient (Wildman–Crippen LogP) is 4.76. The quantitative estimate of drug-likeness (QED) is 0.612. The summed E-state index contributed by atoms with van der Waals surface area (Å²) in [4.78, 5) is 28.9. The number of carbonyl (C=O) groups excluding carboxylic acids is 2. The largest absolute Gasteiger partial charge is 0.478 e. The zero-order valence-corrected chi connectivity index (χ0v) is 16.2. The van der Waals surface area contributed by atoms with Gasteiger partial charge in [0.2, 0.25) is 0 Å². The van der Waals surface area contributed by atoms with E-state index in [-0.39, 0.29) is 11.7 Å². The molecule has 6 heteroatoms. The highest BCUT2D eigenvalue weighted by atomic mass is 35.5. The minimum absolute atomic E-state index is 0.113. The molecule has 0 unspecified atom stereocenters. The minimum atomic E-state index is -1.11. The summed E-state index contributed by atoms with van der Waals surface area (Å²) >= 11 is 5.86. The van der Waals surface area contributed by atoms with Crippen LogP contribution in [0.3, 0.4) is 0 Å². The summed E-state index contributed by atoms with van der Waals surface area (Å²) in [5, 5.41) is 3.37. The van der Waals surface area contributed by atoms with Gasteiger partial charge in [-0.2, -0.15) is 0 Å². The van der Waals surface area contributed by atoms with Crippen LogP contribution in [0.5, 0.6) is 5.75 Å². The molecule has 0 radical (unpaired) electrons. The maximum atomic E-state index is 12.5. The van der Waals surface area contributed by atoms with E-state index in [2.05, 4.69) is 10.3 Å². The molecule has 1 aromatic heterocycles. The van der Waals surface area contributed by atoms with Crippen LogP contribution in [0.25, 0.3) is 0 Å². The van der Waals surface area contributed by atoms with Gasteiger partial charge in [0.1, 0.15) is 5.75 Å². The molecule has 0 saturated heterocycles. The van der Waals surface area contributed by atoms with Crippen molar-refractivity contribution in [2.24, 2.45) is 0 Å². The Morgan fingerprint density at radius 1 is 0.893 bits per heavy atom. The fourth-order valence-corrected chi connectivity index (χ4v) is 2.63. The van der Waals surface area contributed by atoms with Gasteiger partial charge in [-0.15, -0.1) is 0 Å². The topological polar surface area (TPSA) is 68.3 Å². The van der Waals surface area contributed by atoms with E-state index in [9.17, 15) is 9.59 Å². The molecule has 2 aromatic carbocycles. The molecule has 0 atom stereocenters.